The molecule has 1 aromatic rings. The van der Waals surface area contributed by atoms with Crippen molar-refractivity contribution in [3.05, 3.63) is 28.8 Å². The fourth-order valence-electron chi connectivity index (χ4n) is 1.87. The van der Waals surface area contributed by atoms with Crippen molar-refractivity contribution in [2.45, 2.75) is 25.2 Å². The Morgan fingerprint density at radius 1 is 1.47 bits per heavy atom. The summed E-state index contributed by atoms with van der Waals surface area (Å²) in [5.41, 5.74) is 0.984. The van der Waals surface area contributed by atoms with Crippen molar-refractivity contribution in [2.24, 2.45) is 0 Å². The largest absolute Gasteiger partial charge is 0.464 e. The summed E-state index contributed by atoms with van der Waals surface area (Å²) < 4.78 is 30.9. The van der Waals surface area contributed by atoms with Crippen LogP contribution in [0.5, 0.6) is 0 Å². The highest BCUT2D eigenvalue weighted by Crippen LogP contribution is 2.41. The van der Waals surface area contributed by atoms with Gasteiger partial charge in [-0.2, -0.15) is 0 Å². The number of methoxy groups -OCH3 is 1. The molecule has 0 amide bonds. The van der Waals surface area contributed by atoms with Crippen molar-refractivity contribution in [1.82, 2.24) is 9.97 Å². The van der Waals surface area contributed by atoms with Crippen molar-refractivity contribution < 1.29 is 18.3 Å². The number of esters is 1. The molecule has 1 heterocycles. The van der Waals surface area contributed by atoms with Crippen LogP contribution in [0, 0.1) is 0 Å². The molecule has 0 atom stereocenters. The molecular formula is C12H11ClF2N2O2. The zero-order valence-corrected chi connectivity index (χ0v) is 10.9. The van der Waals surface area contributed by atoms with Gasteiger partial charge < -0.3 is 4.74 Å². The maximum absolute atomic E-state index is 13.2. The third kappa shape index (κ3) is 3.07. The SMILES string of the molecule is COC(=O)c1cc(C2=C(Cl)CC(F)(F)CC2)ncn1. The molecule has 0 N–H and O–H groups in total. The molecule has 1 aliphatic rings. The average molecular weight is 289 g/mol. The zero-order chi connectivity index (χ0) is 14.0. The van der Waals surface area contributed by atoms with Crippen LogP contribution in [0.3, 0.4) is 0 Å². The van der Waals surface area contributed by atoms with Gasteiger partial charge in [0, 0.05) is 17.9 Å². The van der Waals surface area contributed by atoms with E-state index in [0.717, 1.165) is 0 Å². The molecule has 0 unspecified atom stereocenters. The second kappa shape index (κ2) is 5.21. The van der Waals surface area contributed by atoms with Crippen LogP contribution in [-0.4, -0.2) is 29.0 Å². The predicted molar refractivity (Wildman–Crippen MR) is 64.9 cm³/mol. The van der Waals surface area contributed by atoms with Crippen molar-refractivity contribution >= 4 is 23.1 Å². The second-order valence-electron chi connectivity index (χ2n) is 4.20. The third-order valence-electron chi connectivity index (χ3n) is 2.85. The predicted octanol–water partition coefficient (Wildman–Crippen LogP) is 3.03. The standard InChI is InChI=1S/C12H11ClF2N2O2/c1-19-11(18)10-4-9(16-6-17-10)7-2-3-12(14,15)5-8(7)13/h4,6H,2-3,5H2,1H3. The molecule has 0 fully saturated rings. The lowest BCUT2D eigenvalue weighted by atomic mass is 9.93. The van der Waals surface area contributed by atoms with Crippen LogP contribution in [-0.2, 0) is 4.74 Å². The molecular weight excluding hydrogens is 278 g/mol. The molecule has 1 aromatic heterocycles. The normalized spacial score (nSPS) is 18.3. The minimum Gasteiger partial charge on any atom is -0.464 e. The number of hydrogen-bond acceptors (Lipinski definition) is 4. The molecule has 0 bridgehead atoms. The van der Waals surface area contributed by atoms with Gasteiger partial charge in [0.15, 0.2) is 5.69 Å². The number of alkyl halides is 2. The lowest BCUT2D eigenvalue weighted by molar-refractivity contribution is -0.00728. The molecule has 1 aliphatic carbocycles. The monoisotopic (exact) mass is 288 g/mol. The van der Waals surface area contributed by atoms with E-state index in [0.29, 0.717) is 11.3 Å². The van der Waals surface area contributed by atoms with Gasteiger partial charge in [-0.3, -0.25) is 0 Å². The van der Waals surface area contributed by atoms with Crippen LogP contribution in [0.25, 0.3) is 5.57 Å². The van der Waals surface area contributed by atoms with E-state index in [4.69, 9.17) is 11.6 Å². The van der Waals surface area contributed by atoms with E-state index in [-0.39, 0.29) is 23.6 Å². The van der Waals surface area contributed by atoms with Gasteiger partial charge in [0.05, 0.1) is 12.8 Å². The van der Waals surface area contributed by atoms with E-state index in [1.807, 2.05) is 0 Å². The maximum atomic E-state index is 13.2. The minimum atomic E-state index is -2.78. The van der Waals surface area contributed by atoms with Gasteiger partial charge in [-0.15, -0.1) is 0 Å². The van der Waals surface area contributed by atoms with Crippen LogP contribution in [0.2, 0.25) is 0 Å². The summed E-state index contributed by atoms with van der Waals surface area (Å²) in [6, 6.07) is 1.40. The summed E-state index contributed by atoms with van der Waals surface area (Å²) in [4.78, 5) is 19.1. The first-order valence-corrected chi connectivity index (χ1v) is 5.97. The van der Waals surface area contributed by atoms with E-state index in [2.05, 4.69) is 14.7 Å². The van der Waals surface area contributed by atoms with E-state index in [1.54, 1.807) is 0 Å². The van der Waals surface area contributed by atoms with Crippen molar-refractivity contribution in [3.63, 3.8) is 0 Å². The van der Waals surface area contributed by atoms with Crippen LogP contribution >= 0.6 is 11.6 Å². The first-order chi connectivity index (χ1) is 8.93. The molecule has 19 heavy (non-hydrogen) atoms. The topological polar surface area (TPSA) is 52.1 Å². The molecule has 0 spiro atoms. The van der Waals surface area contributed by atoms with Gasteiger partial charge in [-0.25, -0.2) is 23.5 Å². The zero-order valence-electron chi connectivity index (χ0n) is 10.1. The van der Waals surface area contributed by atoms with Gasteiger partial charge in [0.25, 0.3) is 5.92 Å². The van der Waals surface area contributed by atoms with E-state index in [1.165, 1.54) is 19.5 Å². The molecule has 0 saturated carbocycles. The number of hydrogen-bond donors (Lipinski definition) is 0. The number of rotatable bonds is 2. The van der Waals surface area contributed by atoms with Crippen molar-refractivity contribution in [3.8, 4) is 0 Å². The van der Waals surface area contributed by atoms with Crippen LogP contribution in [0.4, 0.5) is 8.78 Å². The highest BCUT2D eigenvalue weighted by Gasteiger charge is 2.35. The Balaban J connectivity index is 2.35. The summed E-state index contributed by atoms with van der Waals surface area (Å²) in [5.74, 6) is -3.39. The fraction of sp³-hybridized carbons (Fsp3) is 0.417. The Morgan fingerprint density at radius 3 is 2.84 bits per heavy atom. The van der Waals surface area contributed by atoms with Crippen LogP contribution < -0.4 is 0 Å². The molecule has 4 nitrogen and oxygen atoms in total. The lowest BCUT2D eigenvalue weighted by Crippen LogP contribution is -2.20. The fourth-order valence-corrected chi connectivity index (χ4v) is 2.26. The Hall–Kier alpha value is -1.56. The number of carbonyl (C=O) groups excluding carboxylic acids is 1. The van der Waals surface area contributed by atoms with Crippen LogP contribution in [0.15, 0.2) is 17.4 Å². The second-order valence-corrected chi connectivity index (χ2v) is 4.65. The minimum absolute atomic E-state index is 0.0711. The summed E-state index contributed by atoms with van der Waals surface area (Å²) in [7, 11) is 1.23. The number of nitrogens with zero attached hydrogens (tertiary/aromatic N) is 2. The van der Waals surface area contributed by atoms with Gasteiger partial charge in [0.2, 0.25) is 0 Å². The lowest BCUT2D eigenvalue weighted by Gasteiger charge is -2.23. The quantitative estimate of drug-likeness (QED) is 0.785. The number of ether oxygens (including phenoxy) is 1. The molecule has 102 valence electrons. The molecule has 2 rings (SSSR count). The van der Waals surface area contributed by atoms with Gasteiger partial charge in [0.1, 0.15) is 6.33 Å². The number of allylic oxidation sites excluding steroid dienone is 2. The Bertz CT molecular complexity index is 546. The highest BCUT2D eigenvalue weighted by molar-refractivity contribution is 6.32. The summed E-state index contributed by atoms with van der Waals surface area (Å²) >= 11 is 5.89. The van der Waals surface area contributed by atoms with Gasteiger partial charge in [-0.1, -0.05) is 11.6 Å². The summed E-state index contributed by atoms with van der Waals surface area (Å²) in [5, 5.41) is 0.0748. The number of carbonyl (C=O) groups is 1. The van der Waals surface area contributed by atoms with E-state index in [9.17, 15) is 13.6 Å². The first kappa shape index (κ1) is 13.9. The van der Waals surface area contributed by atoms with Crippen LogP contribution in [0.1, 0.15) is 35.4 Å². The molecule has 0 radical (unpaired) electrons. The van der Waals surface area contributed by atoms with Gasteiger partial charge in [-0.05, 0) is 18.1 Å². The molecule has 7 heteroatoms. The number of aromatic nitrogens is 2. The summed E-state index contributed by atoms with van der Waals surface area (Å²) in [6.07, 6.45) is 0.520. The average Bonchev–Trinajstić information content (AvgIpc) is 2.37. The highest BCUT2D eigenvalue weighted by atomic mass is 35.5. The Kier molecular flexibility index (Phi) is 3.80. The molecule has 0 saturated heterocycles. The van der Waals surface area contributed by atoms with Gasteiger partial charge >= 0.3 is 5.97 Å². The number of halogens is 3. The van der Waals surface area contributed by atoms with E-state index < -0.39 is 18.3 Å². The summed E-state index contributed by atoms with van der Waals surface area (Å²) in [6.45, 7) is 0. The third-order valence-corrected chi connectivity index (χ3v) is 3.21. The first-order valence-electron chi connectivity index (χ1n) is 5.59. The van der Waals surface area contributed by atoms with Crippen molar-refractivity contribution in [1.29, 1.82) is 0 Å². The van der Waals surface area contributed by atoms with Crippen molar-refractivity contribution in [2.75, 3.05) is 7.11 Å². The Labute approximate surface area is 113 Å². The van der Waals surface area contributed by atoms with E-state index >= 15 is 0 Å². The molecule has 0 aliphatic heterocycles. The maximum Gasteiger partial charge on any atom is 0.356 e. The smallest absolute Gasteiger partial charge is 0.356 e. The molecule has 0 aromatic carbocycles. The Morgan fingerprint density at radius 2 is 2.21 bits per heavy atom.